The topological polar surface area (TPSA) is 36.3 Å². The molecule has 1 heterocycles. The van der Waals surface area contributed by atoms with E-state index >= 15 is 0 Å². The first-order valence-electron chi connectivity index (χ1n) is 5.22. The number of hydrogen-bond donors (Lipinski definition) is 0. The average Bonchev–Trinajstić information content (AvgIpc) is 2.59. The van der Waals surface area contributed by atoms with E-state index in [1.165, 1.54) is 7.11 Å². The van der Waals surface area contributed by atoms with Gasteiger partial charge < -0.3 is 9.05 Å². The second-order valence-electron chi connectivity index (χ2n) is 3.25. The Hall–Kier alpha value is 0.360. The van der Waals surface area contributed by atoms with Gasteiger partial charge in [0.15, 0.2) is 5.44 Å². The lowest BCUT2D eigenvalue weighted by Gasteiger charge is -2.17. The Bertz CT molecular complexity index is 439. The minimum atomic E-state index is -2.63. The highest BCUT2D eigenvalue weighted by atomic mass is 35.5. The van der Waals surface area contributed by atoms with Crippen molar-refractivity contribution in [3.8, 4) is 0 Å². The molecular weight excluding hydrogens is 302 g/mol. The van der Waals surface area contributed by atoms with Gasteiger partial charge in [-0.3, -0.25) is 4.68 Å². The van der Waals surface area contributed by atoms with E-state index in [4.69, 9.17) is 44.1 Å². The van der Waals surface area contributed by atoms with Crippen LogP contribution in [-0.2, 0) is 27.4 Å². The molecule has 0 aliphatic carbocycles. The van der Waals surface area contributed by atoms with Gasteiger partial charge in [0.25, 0.3) is 0 Å². The molecule has 0 amide bonds. The lowest BCUT2D eigenvalue weighted by atomic mass is 10.5. The van der Waals surface area contributed by atoms with E-state index in [1.54, 1.807) is 4.68 Å². The fourth-order valence-corrected chi connectivity index (χ4v) is 4.21. The number of aromatic nitrogens is 2. The van der Waals surface area contributed by atoms with Crippen molar-refractivity contribution in [2.75, 3.05) is 13.7 Å². The van der Waals surface area contributed by atoms with Crippen LogP contribution in [0.4, 0.5) is 0 Å². The normalized spacial score (nSPS) is 14.9. The SMILES string of the molecule is CCCn1nc(P(=S)(OC)OCC)c(Cl)c1Cl. The first-order chi connectivity index (χ1) is 8.00. The lowest BCUT2D eigenvalue weighted by Crippen LogP contribution is -2.13. The van der Waals surface area contributed by atoms with Gasteiger partial charge in [0.2, 0.25) is 6.49 Å². The molecule has 8 heteroatoms. The number of nitrogens with zero attached hydrogens (tertiary/aromatic N) is 2. The molecule has 98 valence electrons. The van der Waals surface area contributed by atoms with Crippen LogP contribution >= 0.6 is 29.7 Å². The average molecular weight is 317 g/mol. The highest BCUT2D eigenvalue weighted by molar-refractivity contribution is 8.13. The first kappa shape index (κ1) is 15.4. The predicted molar refractivity (Wildman–Crippen MR) is 75.1 cm³/mol. The van der Waals surface area contributed by atoms with Crippen LogP contribution in [0.3, 0.4) is 0 Å². The quantitative estimate of drug-likeness (QED) is 0.755. The van der Waals surface area contributed by atoms with Crippen LogP contribution in [0, 0.1) is 0 Å². The zero-order valence-electron chi connectivity index (χ0n) is 9.94. The Morgan fingerprint density at radius 1 is 1.41 bits per heavy atom. The van der Waals surface area contributed by atoms with Gasteiger partial charge in [0, 0.05) is 13.7 Å². The second-order valence-corrected chi connectivity index (χ2v) is 7.47. The van der Waals surface area contributed by atoms with Crippen LogP contribution < -0.4 is 5.44 Å². The van der Waals surface area contributed by atoms with Crippen molar-refractivity contribution in [3.63, 3.8) is 0 Å². The summed E-state index contributed by atoms with van der Waals surface area (Å²) in [6.45, 7) is 2.37. The van der Waals surface area contributed by atoms with Crippen molar-refractivity contribution in [1.29, 1.82) is 0 Å². The summed E-state index contributed by atoms with van der Waals surface area (Å²) >= 11 is 17.6. The molecule has 4 nitrogen and oxygen atoms in total. The summed E-state index contributed by atoms with van der Waals surface area (Å²) in [5, 5.41) is 5.02. The van der Waals surface area contributed by atoms with Crippen LogP contribution in [0.15, 0.2) is 0 Å². The Kier molecular flexibility index (Phi) is 5.90. The maximum Gasteiger partial charge on any atom is 0.241 e. The summed E-state index contributed by atoms with van der Waals surface area (Å²) in [5.74, 6) is 0. The fourth-order valence-electron chi connectivity index (χ4n) is 1.31. The third-order valence-corrected chi connectivity index (χ3v) is 6.22. The minimum absolute atomic E-state index is 0.332. The highest BCUT2D eigenvalue weighted by Crippen LogP contribution is 2.48. The Balaban J connectivity index is 3.21. The van der Waals surface area contributed by atoms with Gasteiger partial charge in [0.05, 0.1) is 6.61 Å². The fraction of sp³-hybridized carbons (Fsp3) is 0.667. The molecule has 0 fully saturated rings. The molecule has 0 saturated carbocycles. The Labute approximate surface area is 116 Å². The molecule has 0 bridgehead atoms. The monoisotopic (exact) mass is 316 g/mol. The molecule has 0 N–H and O–H groups in total. The number of hydrogen-bond acceptors (Lipinski definition) is 4. The van der Waals surface area contributed by atoms with Gasteiger partial charge in [-0.05, 0) is 25.2 Å². The van der Waals surface area contributed by atoms with Crippen LogP contribution in [0.1, 0.15) is 20.3 Å². The molecular formula is C9H15Cl2N2O2PS. The van der Waals surface area contributed by atoms with Crippen LogP contribution in [-0.4, -0.2) is 23.5 Å². The standard InChI is InChI=1S/C9H15Cl2N2O2PS/c1-4-6-13-8(11)7(10)9(12-13)16(17,14-3)15-5-2/h4-6H2,1-3H3. The predicted octanol–water partition coefficient (Wildman–Crippen LogP) is 3.22. The Morgan fingerprint density at radius 2 is 2.06 bits per heavy atom. The molecule has 17 heavy (non-hydrogen) atoms. The van der Waals surface area contributed by atoms with Gasteiger partial charge in [-0.2, -0.15) is 5.10 Å². The zero-order valence-corrected chi connectivity index (χ0v) is 13.2. The molecule has 1 unspecified atom stereocenters. The molecule has 0 radical (unpaired) electrons. The smallest absolute Gasteiger partial charge is 0.241 e. The van der Waals surface area contributed by atoms with Crippen LogP contribution in [0.25, 0.3) is 0 Å². The molecule has 0 aliphatic heterocycles. The highest BCUT2D eigenvalue weighted by Gasteiger charge is 2.29. The molecule has 1 atom stereocenters. The molecule has 1 rings (SSSR count). The van der Waals surface area contributed by atoms with E-state index in [1.807, 2.05) is 13.8 Å². The molecule has 1 aromatic rings. The maximum absolute atomic E-state index is 6.13. The van der Waals surface area contributed by atoms with Crippen LogP contribution in [0.5, 0.6) is 0 Å². The van der Waals surface area contributed by atoms with Crippen molar-refractivity contribution in [2.45, 2.75) is 26.8 Å². The van der Waals surface area contributed by atoms with Gasteiger partial charge in [-0.1, -0.05) is 30.1 Å². The summed E-state index contributed by atoms with van der Waals surface area (Å²) in [4.78, 5) is 0. The van der Waals surface area contributed by atoms with E-state index in [0.717, 1.165) is 6.42 Å². The van der Waals surface area contributed by atoms with E-state index in [9.17, 15) is 0 Å². The minimum Gasteiger partial charge on any atom is -0.328 e. The largest absolute Gasteiger partial charge is 0.328 e. The molecule has 0 spiro atoms. The summed E-state index contributed by atoms with van der Waals surface area (Å²) < 4.78 is 12.4. The number of aryl methyl sites for hydroxylation is 1. The van der Waals surface area contributed by atoms with Crippen molar-refractivity contribution in [3.05, 3.63) is 10.2 Å². The molecule has 0 saturated heterocycles. The van der Waals surface area contributed by atoms with Crippen molar-refractivity contribution >= 4 is 46.9 Å². The maximum atomic E-state index is 6.13. The van der Waals surface area contributed by atoms with Gasteiger partial charge in [-0.15, -0.1) is 0 Å². The van der Waals surface area contributed by atoms with E-state index in [2.05, 4.69) is 5.10 Å². The first-order valence-corrected chi connectivity index (χ1v) is 8.62. The summed E-state index contributed by atoms with van der Waals surface area (Å²) in [7, 11) is 1.50. The molecule has 0 aromatic carbocycles. The van der Waals surface area contributed by atoms with E-state index in [0.29, 0.717) is 28.8 Å². The van der Waals surface area contributed by atoms with Crippen LogP contribution in [0.2, 0.25) is 10.2 Å². The number of rotatable bonds is 6. The van der Waals surface area contributed by atoms with E-state index in [-0.39, 0.29) is 0 Å². The summed E-state index contributed by atoms with van der Waals surface area (Å²) in [6, 6.07) is 0. The lowest BCUT2D eigenvalue weighted by molar-refractivity contribution is 0.303. The van der Waals surface area contributed by atoms with Crippen molar-refractivity contribution in [1.82, 2.24) is 9.78 Å². The van der Waals surface area contributed by atoms with E-state index < -0.39 is 6.49 Å². The third-order valence-electron chi connectivity index (χ3n) is 2.05. The van der Waals surface area contributed by atoms with Gasteiger partial charge >= 0.3 is 0 Å². The zero-order chi connectivity index (χ0) is 13.1. The van der Waals surface area contributed by atoms with Crippen molar-refractivity contribution < 1.29 is 9.05 Å². The number of halogens is 2. The third kappa shape index (κ3) is 3.22. The second kappa shape index (κ2) is 6.50. The van der Waals surface area contributed by atoms with Gasteiger partial charge in [-0.25, -0.2) is 0 Å². The van der Waals surface area contributed by atoms with Gasteiger partial charge in [0.1, 0.15) is 10.2 Å². The Morgan fingerprint density at radius 3 is 2.53 bits per heavy atom. The van der Waals surface area contributed by atoms with Crippen molar-refractivity contribution in [2.24, 2.45) is 0 Å². The summed E-state index contributed by atoms with van der Waals surface area (Å²) in [5.41, 5.74) is 0.442. The summed E-state index contributed by atoms with van der Waals surface area (Å²) in [6.07, 6.45) is 0.904. The molecule has 0 aliphatic rings. The molecule has 1 aromatic heterocycles.